The first-order valence-electron chi connectivity index (χ1n) is 4.09. The van der Waals surface area contributed by atoms with Crippen molar-refractivity contribution in [3.63, 3.8) is 0 Å². The van der Waals surface area contributed by atoms with Gasteiger partial charge in [0, 0.05) is 5.69 Å². The molecule has 74 valence electrons. The van der Waals surface area contributed by atoms with Crippen LogP contribution < -0.4 is 5.73 Å². The Morgan fingerprint density at radius 1 is 1.23 bits per heavy atom. The summed E-state index contributed by atoms with van der Waals surface area (Å²) in [7, 11) is 6.00. The van der Waals surface area contributed by atoms with E-state index in [-0.39, 0.29) is 0 Å². The van der Waals surface area contributed by atoms with Crippen molar-refractivity contribution in [3.05, 3.63) is 23.8 Å². The predicted molar refractivity (Wildman–Crippen MR) is 56.9 cm³/mol. The lowest BCUT2D eigenvalue weighted by Gasteiger charge is -1.97. The molecule has 13 heavy (non-hydrogen) atoms. The first kappa shape index (κ1) is 11.8. The maximum Gasteiger partial charge on any atom is 0.118 e. The van der Waals surface area contributed by atoms with E-state index in [0.717, 1.165) is 5.56 Å². The molecule has 0 aliphatic carbocycles. The van der Waals surface area contributed by atoms with Gasteiger partial charge in [0.25, 0.3) is 0 Å². The van der Waals surface area contributed by atoms with Crippen molar-refractivity contribution >= 4 is 5.69 Å². The van der Waals surface area contributed by atoms with E-state index in [1.807, 2.05) is 33.0 Å². The van der Waals surface area contributed by atoms with E-state index in [2.05, 4.69) is 0 Å². The number of hydrogen-bond acceptors (Lipinski definition) is 3. The average Bonchev–Trinajstić information content (AvgIpc) is 1.96. The van der Waals surface area contributed by atoms with Gasteiger partial charge < -0.3 is 15.7 Å². The number of phenolic OH excluding ortho intramolecular Hbond substituents is 1. The lowest BCUT2D eigenvalue weighted by atomic mass is 10.2. The summed E-state index contributed by atoms with van der Waals surface area (Å²) >= 11 is 0. The Kier molecular flexibility index (Phi) is 4.92. The summed E-state index contributed by atoms with van der Waals surface area (Å²) < 4.78 is 0. The zero-order chi connectivity index (χ0) is 10.4. The molecule has 0 aliphatic heterocycles. The fraction of sp³-hybridized carbons (Fsp3) is 0.400. The van der Waals surface area contributed by atoms with Crippen molar-refractivity contribution < 1.29 is 5.11 Å². The number of anilines is 1. The fourth-order valence-corrected chi connectivity index (χ4v) is 0.679. The molecule has 0 radical (unpaired) electrons. The SMILES string of the molecule is CN(C)C.Cc1cc(N)ccc1O. The number of benzene rings is 1. The molecule has 0 bridgehead atoms. The molecule has 0 amide bonds. The molecule has 0 saturated heterocycles. The van der Waals surface area contributed by atoms with E-state index in [0.29, 0.717) is 11.4 Å². The Bertz CT molecular complexity index is 256. The van der Waals surface area contributed by atoms with Gasteiger partial charge in [0.1, 0.15) is 5.75 Å². The highest BCUT2D eigenvalue weighted by molar-refractivity contribution is 5.46. The molecular formula is C10H18N2O. The topological polar surface area (TPSA) is 49.5 Å². The van der Waals surface area contributed by atoms with Crippen molar-refractivity contribution in [1.82, 2.24) is 4.90 Å². The largest absolute Gasteiger partial charge is 0.508 e. The smallest absolute Gasteiger partial charge is 0.118 e. The minimum absolute atomic E-state index is 0.296. The molecule has 0 spiro atoms. The molecule has 0 saturated carbocycles. The Morgan fingerprint density at radius 3 is 2.00 bits per heavy atom. The van der Waals surface area contributed by atoms with E-state index >= 15 is 0 Å². The van der Waals surface area contributed by atoms with Gasteiger partial charge in [0.15, 0.2) is 0 Å². The molecule has 1 aromatic rings. The number of aryl methyl sites for hydroxylation is 1. The fourth-order valence-electron chi connectivity index (χ4n) is 0.679. The second-order valence-corrected chi connectivity index (χ2v) is 3.39. The van der Waals surface area contributed by atoms with Gasteiger partial charge in [-0.1, -0.05) is 0 Å². The van der Waals surface area contributed by atoms with Crippen molar-refractivity contribution in [3.8, 4) is 5.75 Å². The first-order chi connectivity index (χ1) is 5.93. The van der Waals surface area contributed by atoms with Crippen LogP contribution in [-0.2, 0) is 0 Å². The highest BCUT2D eigenvalue weighted by Crippen LogP contribution is 2.17. The maximum absolute atomic E-state index is 8.99. The molecule has 3 heteroatoms. The highest BCUT2D eigenvalue weighted by atomic mass is 16.3. The molecule has 0 aliphatic rings. The standard InChI is InChI=1S/C7H9NO.C3H9N/c1-5-4-6(8)2-3-7(5)9;1-4(2)3/h2-4,9H,8H2,1H3;1-3H3. The zero-order valence-corrected chi connectivity index (χ0v) is 8.70. The summed E-state index contributed by atoms with van der Waals surface area (Å²) in [5, 5.41) is 8.99. The first-order valence-corrected chi connectivity index (χ1v) is 4.09. The summed E-state index contributed by atoms with van der Waals surface area (Å²) in [4.78, 5) is 2.00. The van der Waals surface area contributed by atoms with Crippen LogP contribution >= 0.6 is 0 Å². The molecule has 0 atom stereocenters. The van der Waals surface area contributed by atoms with Crippen LogP contribution in [-0.4, -0.2) is 31.1 Å². The van der Waals surface area contributed by atoms with Gasteiger partial charge in [0.05, 0.1) is 0 Å². The lowest BCUT2D eigenvalue weighted by molar-refractivity contribution is 0.471. The van der Waals surface area contributed by atoms with Crippen LogP contribution in [0.4, 0.5) is 5.69 Å². The van der Waals surface area contributed by atoms with Gasteiger partial charge in [-0.05, 0) is 51.8 Å². The molecule has 0 fully saturated rings. The number of nitrogen functional groups attached to an aromatic ring is 1. The van der Waals surface area contributed by atoms with E-state index in [9.17, 15) is 0 Å². The number of phenols is 1. The van der Waals surface area contributed by atoms with E-state index in [1.54, 1.807) is 18.2 Å². The zero-order valence-electron chi connectivity index (χ0n) is 8.70. The van der Waals surface area contributed by atoms with Crippen molar-refractivity contribution in [1.29, 1.82) is 0 Å². The van der Waals surface area contributed by atoms with Gasteiger partial charge >= 0.3 is 0 Å². The number of nitrogens with zero attached hydrogens (tertiary/aromatic N) is 1. The predicted octanol–water partition coefficient (Wildman–Crippen LogP) is 1.46. The summed E-state index contributed by atoms with van der Waals surface area (Å²) in [6.07, 6.45) is 0. The summed E-state index contributed by atoms with van der Waals surface area (Å²) in [5.74, 6) is 0.296. The molecule has 0 aromatic heterocycles. The number of nitrogens with two attached hydrogens (primary N) is 1. The number of aromatic hydroxyl groups is 1. The van der Waals surface area contributed by atoms with Crippen molar-refractivity contribution in [2.45, 2.75) is 6.92 Å². The van der Waals surface area contributed by atoms with E-state index in [4.69, 9.17) is 10.8 Å². The minimum atomic E-state index is 0.296. The van der Waals surface area contributed by atoms with Gasteiger partial charge in [-0.25, -0.2) is 0 Å². The molecular weight excluding hydrogens is 164 g/mol. The van der Waals surface area contributed by atoms with Crippen molar-refractivity contribution in [2.75, 3.05) is 26.9 Å². The van der Waals surface area contributed by atoms with Crippen LogP contribution in [0.2, 0.25) is 0 Å². The Labute approximate surface area is 79.8 Å². The Hall–Kier alpha value is -1.22. The van der Waals surface area contributed by atoms with Gasteiger partial charge in [-0.15, -0.1) is 0 Å². The third-order valence-electron chi connectivity index (χ3n) is 1.22. The average molecular weight is 182 g/mol. The summed E-state index contributed by atoms with van der Waals surface area (Å²) in [5.41, 5.74) is 6.92. The van der Waals surface area contributed by atoms with Crippen LogP contribution in [0.15, 0.2) is 18.2 Å². The molecule has 1 aromatic carbocycles. The van der Waals surface area contributed by atoms with Crippen molar-refractivity contribution in [2.24, 2.45) is 0 Å². The van der Waals surface area contributed by atoms with Crippen LogP contribution in [0.25, 0.3) is 0 Å². The monoisotopic (exact) mass is 182 g/mol. The minimum Gasteiger partial charge on any atom is -0.508 e. The third-order valence-corrected chi connectivity index (χ3v) is 1.22. The number of hydrogen-bond donors (Lipinski definition) is 2. The Balaban J connectivity index is 0.000000310. The van der Waals surface area contributed by atoms with E-state index < -0.39 is 0 Å². The summed E-state index contributed by atoms with van der Waals surface area (Å²) in [6.45, 7) is 1.81. The van der Waals surface area contributed by atoms with Gasteiger partial charge in [0.2, 0.25) is 0 Å². The van der Waals surface area contributed by atoms with Crippen LogP contribution in [0, 0.1) is 6.92 Å². The molecule has 3 N–H and O–H groups in total. The molecule has 3 nitrogen and oxygen atoms in total. The number of rotatable bonds is 0. The highest BCUT2D eigenvalue weighted by Gasteiger charge is 1.92. The van der Waals surface area contributed by atoms with Gasteiger partial charge in [-0.3, -0.25) is 0 Å². The maximum atomic E-state index is 8.99. The third kappa shape index (κ3) is 5.99. The van der Waals surface area contributed by atoms with E-state index in [1.165, 1.54) is 0 Å². The van der Waals surface area contributed by atoms with Crippen LogP contribution in [0.3, 0.4) is 0 Å². The lowest BCUT2D eigenvalue weighted by Crippen LogP contribution is -1.99. The van der Waals surface area contributed by atoms with Gasteiger partial charge in [-0.2, -0.15) is 0 Å². The van der Waals surface area contributed by atoms with Crippen LogP contribution in [0.5, 0.6) is 5.75 Å². The Morgan fingerprint density at radius 2 is 1.69 bits per heavy atom. The summed E-state index contributed by atoms with van der Waals surface area (Å²) in [6, 6.07) is 4.99. The molecule has 0 unspecified atom stereocenters. The normalized spacial score (nSPS) is 9.31. The second-order valence-electron chi connectivity index (χ2n) is 3.39. The molecule has 1 rings (SSSR count). The molecule has 0 heterocycles. The quantitative estimate of drug-likeness (QED) is 0.472. The second kappa shape index (κ2) is 5.43. The van der Waals surface area contributed by atoms with Crippen LogP contribution in [0.1, 0.15) is 5.56 Å².